The van der Waals surface area contributed by atoms with E-state index in [1.807, 2.05) is 6.92 Å². The molecule has 0 aliphatic carbocycles. The van der Waals surface area contributed by atoms with E-state index in [1.165, 1.54) is 16.7 Å². The van der Waals surface area contributed by atoms with Crippen LogP contribution in [0.15, 0.2) is 18.2 Å². The second kappa shape index (κ2) is 5.89. The lowest BCUT2D eigenvalue weighted by molar-refractivity contribution is 0.183. The summed E-state index contributed by atoms with van der Waals surface area (Å²) in [5.41, 5.74) is 4.05. The topological polar surface area (TPSA) is 32.3 Å². The molecule has 84 valence electrons. The summed E-state index contributed by atoms with van der Waals surface area (Å²) in [5, 5.41) is 12.4. The summed E-state index contributed by atoms with van der Waals surface area (Å²) in [4.78, 5) is 0. The maximum Gasteiger partial charge on any atom is 0.0524 e. The van der Waals surface area contributed by atoms with Crippen molar-refractivity contribution in [3.63, 3.8) is 0 Å². The zero-order valence-electron chi connectivity index (χ0n) is 9.88. The highest BCUT2D eigenvalue weighted by atomic mass is 16.3. The molecule has 0 fully saturated rings. The molecule has 0 saturated carbocycles. The molecule has 2 heteroatoms. The molecule has 0 unspecified atom stereocenters. The molecule has 0 spiro atoms. The van der Waals surface area contributed by atoms with E-state index in [0.29, 0.717) is 0 Å². The molecular formula is C13H21NO. The van der Waals surface area contributed by atoms with E-state index < -0.39 is 0 Å². The molecule has 0 saturated heterocycles. The standard InChI is InChI=1S/C13H21NO/c1-10-5-4-6-13(12(10)3)9-14-8-7-11(2)15/h4-6,11,14-15H,7-9H2,1-3H3/t11-/m1/s1. The average molecular weight is 207 g/mol. The van der Waals surface area contributed by atoms with Crippen LogP contribution in [0.3, 0.4) is 0 Å². The summed E-state index contributed by atoms with van der Waals surface area (Å²) in [6, 6.07) is 6.38. The fraction of sp³-hybridized carbons (Fsp3) is 0.538. The van der Waals surface area contributed by atoms with Crippen molar-refractivity contribution in [3.8, 4) is 0 Å². The number of hydrogen-bond acceptors (Lipinski definition) is 2. The van der Waals surface area contributed by atoms with Crippen LogP contribution in [0.25, 0.3) is 0 Å². The second-order valence-corrected chi connectivity index (χ2v) is 4.17. The van der Waals surface area contributed by atoms with Crippen molar-refractivity contribution in [1.82, 2.24) is 5.32 Å². The van der Waals surface area contributed by atoms with Gasteiger partial charge in [0.05, 0.1) is 6.10 Å². The zero-order chi connectivity index (χ0) is 11.3. The number of rotatable bonds is 5. The Morgan fingerprint density at radius 3 is 2.73 bits per heavy atom. The lowest BCUT2D eigenvalue weighted by Crippen LogP contribution is -2.19. The summed E-state index contributed by atoms with van der Waals surface area (Å²) in [5.74, 6) is 0. The van der Waals surface area contributed by atoms with Crippen LogP contribution in [-0.2, 0) is 6.54 Å². The summed E-state index contributed by atoms with van der Waals surface area (Å²) >= 11 is 0. The lowest BCUT2D eigenvalue weighted by Gasteiger charge is -2.10. The monoisotopic (exact) mass is 207 g/mol. The highest BCUT2D eigenvalue weighted by Gasteiger charge is 2.00. The van der Waals surface area contributed by atoms with Crippen molar-refractivity contribution in [1.29, 1.82) is 0 Å². The highest BCUT2D eigenvalue weighted by molar-refractivity contribution is 5.32. The summed E-state index contributed by atoms with van der Waals surface area (Å²) in [6.07, 6.45) is 0.598. The first kappa shape index (κ1) is 12.2. The fourth-order valence-corrected chi connectivity index (χ4v) is 1.54. The van der Waals surface area contributed by atoms with Gasteiger partial charge >= 0.3 is 0 Å². The second-order valence-electron chi connectivity index (χ2n) is 4.17. The first-order chi connectivity index (χ1) is 7.11. The van der Waals surface area contributed by atoms with Gasteiger partial charge in [0, 0.05) is 6.54 Å². The maximum absolute atomic E-state index is 9.11. The SMILES string of the molecule is Cc1cccc(CNCC[C@@H](C)O)c1C. The van der Waals surface area contributed by atoms with Gasteiger partial charge in [0.25, 0.3) is 0 Å². The first-order valence-corrected chi connectivity index (χ1v) is 5.55. The Balaban J connectivity index is 2.41. The summed E-state index contributed by atoms with van der Waals surface area (Å²) < 4.78 is 0. The predicted molar refractivity (Wildman–Crippen MR) is 63.9 cm³/mol. The highest BCUT2D eigenvalue weighted by Crippen LogP contribution is 2.12. The van der Waals surface area contributed by atoms with E-state index >= 15 is 0 Å². The van der Waals surface area contributed by atoms with Crippen molar-refractivity contribution in [2.75, 3.05) is 6.54 Å². The van der Waals surface area contributed by atoms with Crippen LogP contribution >= 0.6 is 0 Å². The Morgan fingerprint density at radius 1 is 1.33 bits per heavy atom. The minimum Gasteiger partial charge on any atom is -0.393 e. The van der Waals surface area contributed by atoms with Crippen LogP contribution in [-0.4, -0.2) is 17.8 Å². The van der Waals surface area contributed by atoms with Gasteiger partial charge in [-0.3, -0.25) is 0 Å². The molecule has 1 aromatic carbocycles. The third-order valence-corrected chi connectivity index (χ3v) is 2.77. The molecule has 15 heavy (non-hydrogen) atoms. The van der Waals surface area contributed by atoms with E-state index in [9.17, 15) is 0 Å². The van der Waals surface area contributed by atoms with Gasteiger partial charge in [-0.2, -0.15) is 0 Å². The molecule has 0 aliphatic rings. The normalized spacial score (nSPS) is 12.8. The van der Waals surface area contributed by atoms with Crippen molar-refractivity contribution >= 4 is 0 Å². The van der Waals surface area contributed by atoms with Crippen molar-refractivity contribution in [3.05, 3.63) is 34.9 Å². The lowest BCUT2D eigenvalue weighted by atomic mass is 10.0. The summed E-state index contributed by atoms with van der Waals surface area (Å²) in [7, 11) is 0. The van der Waals surface area contributed by atoms with Crippen molar-refractivity contribution < 1.29 is 5.11 Å². The molecular weight excluding hydrogens is 186 g/mol. The van der Waals surface area contributed by atoms with Gasteiger partial charge in [-0.25, -0.2) is 0 Å². The average Bonchev–Trinajstić information content (AvgIpc) is 2.18. The van der Waals surface area contributed by atoms with E-state index in [4.69, 9.17) is 5.11 Å². The Hall–Kier alpha value is -0.860. The largest absolute Gasteiger partial charge is 0.393 e. The van der Waals surface area contributed by atoms with Gasteiger partial charge in [0.2, 0.25) is 0 Å². The number of hydrogen-bond donors (Lipinski definition) is 2. The molecule has 1 aromatic rings. The molecule has 0 bridgehead atoms. The molecule has 1 rings (SSSR count). The van der Waals surface area contributed by atoms with Crippen LogP contribution in [0.4, 0.5) is 0 Å². The Morgan fingerprint density at radius 2 is 2.07 bits per heavy atom. The van der Waals surface area contributed by atoms with E-state index in [-0.39, 0.29) is 6.10 Å². The Kier molecular flexibility index (Phi) is 4.79. The van der Waals surface area contributed by atoms with Crippen LogP contribution in [0.1, 0.15) is 30.0 Å². The fourth-order valence-electron chi connectivity index (χ4n) is 1.54. The summed E-state index contributed by atoms with van der Waals surface area (Å²) in [6.45, 7) is 7.86. The number of benzene rings is 1. The van der Waals surface area contributed by atoms with Crippen LogP contribution in [0.2, 0.25) is 0 Å². The number of aliphatic hydroxyl groups excluding tert-OH is 1. The van der Waals surface area contributed by atoms with Gasteiger partial charge in [0.15, 0.2) is 0 Å². The van der Waals surface area contributed by atoms with Crippen LogP contribution < -0.4 is 5.32 Å². The first-order valence-electron chi connectivity index (χ1n) is 5.55. The number of aryl methyl sites for hydroxylation is 1. The maximum atomic E-state index is 9.11. The number of aliphatic hydroxyl groups is 1. The molecule has 2 nitrogen and oxygen atoms in total. The smallest absolute Gasteiger partial charge is 0.0524 e. The third-order valence-electron chi connectivity index (χ3n) is 2.77. The molecule has 0 heterocycles. The molecule has 2 N–H and O–H groups in total. The molecule has 0 aromatic heterocycles. The molecule has 1 atom stereocenters. The molecule has 0 amide bonds. The van der Waals surface area contributed by atoms with Crippen LogP contribution in [0, 0.1) is 13.8 Å². The van der Waals surface area contributed by atoms with Crippen LogP contribution in [0.5, 0.6) is 0 Å². The van der Waals surface area contributed by atoms with Crippen molar-refractivity contribution in [2.45, 2.75) is 39.8 Å². The van der Waals surface area contributed by atoms with Gasteiger partial charge in [-0.1, -0.05) is 18.2 Å². The minimum atomic E-state index is -0.212. The van der Waals surface area contributed by atoms with Gasteiger partial charge < -0.3 is 10.4 Å². The van der Waals surface area contributed by atoms with E-state index in [2.05, 4.69) is 37.4 Å². The molecule has 0 aliphatic heterocycles. The predicted octanol–water partition coefficient (Wildman–Crippen LogP) is 2.16. The van der Waals surface area contributed by atoms with E-state index in [1.54, 1.807) is 0 Å². The Labute approximate surface area is 92.3 Å². The molecule has 0 radical (unpaired) electrons. The van der Waals surface area contributed by atoms with Gasteiger partial charge in [-0.05, 0) is 50.4 Å². The Bertz CT molecular complexity index is 307. The third kappa shape index (κ3) is 4.02. The van der Waals surface area contributed by atoms with E-state index in [0.717, 1.165) is 19.5 Å². The van der Waals surface area contributed by atoms with Crippen molar-refractivity contribution in [2.24, 2.45) is 0 Å². The number of nitrogens with one attached hydrogen (secondary N) is 1. The quantitative estimate of drug-likeness (QED) is 0.725. The van der Waals surface area contributed by atoms with Gasteiger partial charge in [0.1, 0.15) is 0 Å². The zero-order valence-corrected chi connectivity index (χ0v) is 9.88. The minimum absolute atomic E-state index is 0.212. The van der Waals surface area contributed by atoms with Gasteiger partial charge in [-0.15, -0.1) is 0 Å².